The van der Waals surface area contributed by atoms with Crippen molar-refractivity contribution in [2.75, 3.05) is 14.1 Å². The van der Waals surface area contributed by atoms with Crippen molar-refractivity contribution in [1.82, 2.24) is 10.2 Å². The van der Waals surface area contributed by atoms with Crippen molar-refractivity contribution < 1.29 is 14.5 Å². The highest BCUT2D eigenvalue weighted by Crippen LogP contribution is 2.20. The van der Waals surface area contributed by atoms with E-state index in [-0.39, 0.29) is 16.8 Å². The van der Waals surface area contributed by atoms with E-state index in [4.69, 9.17) is 0 Å². The van der Waals surface area contributed by atoms with Gasteiger partial charge in [0.05, 0.1) is 4.92 Å². The standard InChI is InChI=1S/C15H19N3O4Si/c1-17(2)15(20)16-14(19)12-7-6-11(8-9-23(3,4)5)13(10-12)18(21)22/h6-7,10H,1-5H3,(H,16,19,20). The predicted octanol–water partition coefficient (Wildman–Crippen LogP) is 2.24. The van der Waals surface area contributed by atoms with Gasteiger partial charge in [-0.3, -0.25) is 20.2 Å². The normalized spacial score (nSPS) is 10.3. The molecule has 8 heteroatoms. The Balaban J connectivity index is 3.18. The Morgan fingerprint density at radius 3 is 2.35 bits per heavy atom. The molecule has 0 bridgehead atoms. The molecule has 0 radical (unpaired) electrons. The van der Waals surface area contributed by atoms with Crippen molar-refractivity contribution >= 4 is 25.7 Å². The topological polar surface area (TPSA) is 92.6 Å². The van der Waals surface area contributed by atoms with Gasteiger partial charge in [0.25, 0.3) is 11.6 Å². The second kappa shape index (κ2) is 7.06. The molecule has 7 nitrogen and oxygen atoms in total. The molecule has 1 aromatic rings. The summed E-state index contributed by atoms with van der Waals surface area (Å²) in [4.78, 5) is 35.2. The maximum absolute atomic E-state index is 12.0. The SMILES string of the molecule is CN(C)C(=O)NC(=O)c1ccc(C#C[Si](C)(C)C)c([N+](=O)[O-])c1. The number of benzene rings is 1. The molecule has 0 aliphatic heterocycles. The highest BCUT2D eigenvalue weighted by atomic mass is 28.3. The Bertz CT molecular complexity index is 712. The lowest BCUT2D eigenvalue weighted by atomic mass is 10.1. The van der Waals surface area contributed by atoms with Crippen LogP contribution in [0.4, 0.5) is 10.5 Å². The Morgan fingerprint density at radius 1 is 1.26 bits per heavy atom. The summed E-state index contributed by atoms with van der Waals surface area (Å²) in [5.74, 6) is 2.13. The summed E-state index contributed by atoms with van der Waals surface area (Å²) >= 11 is 0. The second-order valence-electron chi connectivity index (χ2n) is 6.14. The summed E-state index contributed by atoms with van der Waals surface area (Å²) < 4.78 is 0. The molecular formula is C15H19N3O4Si. The molecule has 0 aromatic heterocycles. The summed E-state index contributed by atoms with van der Waals surface area (Å²) in [6.45, 7) is 6.08. The highest BCUT2D eigenvalue weighted by molar-refractivity contribution is 6.83. The van der Waals surface area contributed by atoms with Crippen LogP contribution in [0, 0.1) is 21.6 Å². The molecule has 1 N–H and O–H groups in total. The average Bonchev–Trinajstić information content (AvgIpc) is 2.43. The van der Waals surface area contributed by atoms with Crippen LogP contribution < -0.4 is 5.32 Å². The van der Waals surface area contributed by atoms with E-state index >= 15 is 0 Å². The van der Waals surface area contributed by atoms with Crippen LogP contribution in [0.3, 0.4) is 0 Å². The number of rotatable bonds is 2. The lowest BCUT2D eigenvalue weighted by Gasteiger charge is -2.11. The van der Waals surface area contributed by atoms with E-state index in [0.29, 0.717) is 0 Å². The number of nitrogens with one attached hydrogen (secondary N) is 1. The summed E-state index contributed by atoms with van der Waals surface area (Å²) in [5.41, 5.74) is 3.09. The van der Waals surface area contributed by atoms with Gasteiger partial charge in [-0.05, 0) is 12.1 Å². The van der Waals surface area contributed by atoms with E-state index in [0.717, 1.165) is 6.07 Å². The van der Waals surface area contributed by atoms with Gasteiger partial charge in [-0.25, -0.2) is 4.79 Å². The van der Waals surface area contributed by atoms with Gasteiger partial charge in [0.2, 0.25) is 0 Å². The first-order chi connectivity index (χ1) is 10.5. The van der Waals surface area contributed by atoms with Gasteiger partial charge in [0.15, 0.2) is 0 Å². The first-order valence-corrected chi connectivity index (χ1v) is 10.4. The lowest BCUT2D eigenvalue weighted by Crippen LogP contribution is -2.38. The minimum Gasteiger partial charge on any atom is -0.331 e. The Kier molecular flexibility index (Phi) is 5.65. The minimum atomic E-state index is -1.68. The molecule has 0 fully saturated rings. The van der Waals surface area contributed by atoms with Crippen LogP contribution in [0.1, 0.15) is 15.9 Å². The van der Waals surface area contributed by atoms with Crippen molar-refractivity contribution in [3.8, 4) is 11.5 Å². The van der Waals surface area contributed by atoms with Gasteiger partial charge in [-0.1, -0.05) is 25.6 Å². The quantitative estimate of drug-likeness (QED) is 0.389. The monoisotopic (exact) mass is 333 g/mol. The van der Waals surface area contributed by atoms with E-state index in [9.17, 15) is 19.7 Å². The summed E-state index contributed by atoms with van der Waals surface area (Å²) in [6.07, 6.45) is 0. The van der Waals surface area contributed by atoms with Gasteiger partial charge >= 0.3 is 6.03 Å². The van der Waals surface area contributed by atoms with E-state index in [2.05, 4.69) is 16.8 Å². The molecule has 23 heavy (non-hydrogen) atoms. The largest absolute Gasteiger partial charge is 0.331 e. The molecule has 0 aliphatic carbocycles. The molecule has 0 aliphatic rings. The van der Waals surface area contributed by atoms with Crippen molar-refractivity contribution in [3.63, 3.8) is 0 Å². The molecule has 0 saturated heterocycles. The van der Waals surface area contributed by atoms with Gasteiger partial charge in [-0.2, -0.15) is 0 Å². The zero-order valence-corrected chi connectivity index (χ0v) is 14.8. The summed E-state index contributed by atoms with van der Waals surface area (Å²) in [6, 6.07) is 3.38. The van der Waals surface area contributed by atoms with Gasteiger partial charge in [0, 0.05) is 25.7 Å². The van der Waals surface area contributed by atoms with Crippen LogP contribution in [0.25, 0.3) is 0 Å². The number of urea groups is 1. The van der Waals surface area contributed by atoms with Crippen LogP contribution in [0.15, 0.2) is 18.2 Å². The highest BCUT2D eigenvalue weighted by Gasteiger charge is 2.19. The fraction of sp³-hybridized carbons (Fsp3) is 0.333. The molecule has 1 rings (SSSR count). The molecular weight excluding hydrogens is 314 g/mol. The smallest absolute Gasteiger partial charge is 0.323 e. The Hall–Kier alpha value is -2.66. The van der Waals surface area contributed by atoms with Crippen molar-refractivity contribution in [1.29, 1.82) is 0 Å². The van der Waals surface area contributed by atoms with Crippen LogP contribution in [-0.4, -0.2) is 43.9 Å². The van der Waals surface area contributed by atoms with Crippen LogP contribution >= 0.6 is 0 Å². The van der Waals surface area contributed by atoms with Gasteiger partial charge in [0.1, 0.15) is 13.6 Å². The zero-order valence-electron chi connectivity index (χ0n) is 13.8. The number of hydrogen-bond donors (Lipinski definition) is 1. The molecule has 1 aromatic carbocycles. The van der Waals surface area contributed by atoms with Crippen molar-refractivity contribution in [2.45, 2.75) is 19.6 Å². The summed E-state index contributed by atoms with van der Waals surface area (Å²) in [5, 5.41) is 13.3. The third kappa shape index (κ3) is 5.56. The predicted molar refractivity (Wildman–Crippen MR) is 89.9 cm³/mol. The number of nitro groups is 1. The molecule has 122 valence electrons. The molecule has 0 heterocycles. The number of nitro benzene ring substituents is 1. The van der Waals surface area contributed by atoms with Crippen molar-refractivity contribution in [2.24, 2.45) is 0 Å². The minimum absolute atomic E-state index is 0.0328. The molecule has 3 amide bonds. The maximum atomic E-state index is 12.0. The number of amides is 3. The van der Waals surface area contributed by atoms with Crippen molar-refractivity contribution in [3.05, 3.63) is 39.4 Å². The van der Waals surface area contributed by atoms with Crippen LogP contribution in [0.2, 0.25) is 19.6 Å². The third-order valence-electron chi connectivity index (χ3n) is 2.66. The first kappa shape index (κ1) is 18.4. The molecule has 0 saturated carbocycles. The Morgan fingerprint density at radius 2 is 1.87 bits per heavy atom. The van der Waals surface area contributed by atoms with E-state index in [1.165, 1.54) is 31.1 Å². The molecule has 0 spiro atoms. The van der Waals surface area contributed by atoms with E-state index < -0.39 is 24.9 Å². The lowest BCUT2D eigenvalue weighted by molar-refractivity contribution is -0.385. The fourth-order valence-electron chi connectivity index (χ4n) is 1.47. The summed E-state index contributed by atoms with van der Waals surface area (Å²) in [7, 11) is 1.29. The second-order valence-corrected chi connectivity index (χ2v) is 10.9. The fourth-order valence-corrected chi connectivity index (χ4v) is 1.98. The van der Waals surface area contributed by atoms with Gasteiger partial charge in [-0.15, -0.1) is 5.54 Å². The van der Waals surface area contributed by atoms with E-state index in [1.54, 1.807) is 0 Å². The number of carbonyl (C=O) groups is 2. The average molecular weight is 333 g/mol. The first-order valence-electron chi connectivity index (χ1n) is 6.85. The third-order valence-corrected chi connectivity index (χ3v) is 3.53. The number of hydrogen-bond acceptors (Lipinski definition) is 4. The van der Waals surface area contributed by atoms with Crippen LogP contribution in [0.5, 0.6) is 0 Å². The number of carbonyl (C=O) groups excluding carboxylic acids is 2. The molecule has 0 unspecified atom stereocenters. The zero-order chi connectivity index (χ0) is 17.8. The van der Waals surface area contributed by atoms with E-state index in [1.807, 2.05) is 19.6 Å². The number of imide groups is 1. The van der Waals surface area contributed by atoms with Crippen LogP contribution in [-0.2, 0) is 0 Å². The number of nitrogens with zero attached hydrogens (tertiary/aromatic N) is 2. The Labute approximate surface area is 135 Å². The van der Waals surface area contributed by atoms with Gasteiger partial charge < -0.3 is 4.90 Å². The maximum Gasteiger partial charge on any atom is 0.323 e. The molecule has 0 atom stereocenters.